The first kappa shape index (κ1) is 26.9. The molecule has 0 radical (unpaired) electrons. The number of rotatable bonds is 10. The largest absolute Gasteiger partial charge is 0.466 e. The second kappa shape index (κ2) is 13.4. The van der Waals surface area contributed by atoms with Crippen LogP contribution in [0.25, 0.3) is 0 Å². The molecule has 9 nitrogen and oxygen atoms in total. The summed E-state index contributed by atoms with van der Waals surface area (Å²) in [7, 11) is 1.65. The number of para-hydroxylation sites is 2. The molecule has 0 spiro atoms. The van der Waals surface area contributed by atoms with Gasteiger partial charge in [0.15, 0.2) is 0 Å². The van der Waals surface area contributed by atoms with Crippen molar-refractivity contribution in [3.05, 3.63) is 90.5 Å². The zero-order valence-electron chi connectivity index (χ0n) is 20.8. The van der Waals surface area contributed by atoms with Gasteiger partial charge in [-0.2, -0.15) is 0 Å². The summed E-state index contributed by atoms with van der Waals surface area (Å²) in [5.74, 6) is -1.10. The van der Waals surface area contributed by atoms with E-state index in [9.17, 15) is 19.2 Å². The normalized spacial score (nSPS) is 10.2. The maximum Gasteiger partial charge on any atom is 0.319 e. The van der Waals surface area contributed by atoms with Crippen molar-refractivity contribution in [2.45, 2.75) is 13.3 Å². The van der Waals surface area contributed by atoms with E-state index in [4.69, 9.17) is 4.74 Å². The Morgan fingerprint density at radius 3 is 2.11 bits per heavy atom. The van der Waals surface area contributed by atoms with Gasteiger partial charge in [0, 0.05) is 24.1 Å². The Kier molecular flexibility index (Phi) is 9.78. The summed E-state index contributed by atoms with van der Waals surface area (Å²) in [4.78, 5) is 53.0. The van der Waals surface area contributed by atoms with Crippen LogP contribution < -0.4 is 20.4 Å². The fourth-order valence-corrected chi connectivity index (χ4v) is 3.53. The van der Waals surface area contributed by atoms with Gasteiger partial charge < -0.3 is 25.2 Å². The standard InChI is InChI=1S/C28H30N4O5/c1-3-37-27(35)18-21-11-10-12-22(17-21)30-28(36)29-19-25(33)32(24-15-8-5-9-16-24)20-26(34)31(2)23-13-6-4-7-14-23/h4-17H,3,18-20H2,1-2H3,(H2,29,30,36). The Bertz CT molecular complexity index is 1220. The van der Waals surface area contributed by atoms with E-state index in [2.05, 4.69) is 10.6 Å². The van der Waals surface area contributed by atoms with Crippen LogP contribution in [0.2, 0.25) is 0 Å². The third-order valence-electron chi connectivity index (χ3n) is 5.42. The zero-order valence-corrected chi connectivity index (χ0v) is 20.8. The lowest BCUT2D eigenvalue weighted by molar-refractivity contribution is -0.142. The first-order valence-corrected chi connectivity index (χ1v) is 11.8. The predicted octanol–water partition coefficient (Wildman–Crippen LogP) is 3.61. The molecule has 0 aliphatic rings. The van der Waals surface area contributed by atoms with Crippen molar-refractivity contribution in [2.24, 2.45) is 0 Å². The third-order valence-corrected chi connectivity index (χ3v) is 5.42. The number of hydrogen-bond donors (Lipinski definition) is 2. The maximum absolute atomic E-state index is 13.1. The molecule has 192 valence electrons. The second-order valence-corrected chi connectivity index (χ2v) is 8.09. The molecule has 0 aliphatic heterocycles. The van der Waals surface area contributed by atoms with Gasteiger partial charge in [-0.1, -0.05) is 48.5 Å². The number of hydrogen-bond acceptors (Lipinski definition) is 5. The highest BCUT2D eigenvalue weighted by Crippen LogP contribution is 2.16. The van der Waals surface area contributed by atoms with Gasteiger partial charge in [-0.3, -0.25) is 14.4 Å². The first-order valence-electron chi connectivity index (χ1n) is 11.8. The quantitative estimate of drug-likeness (QED) is 0.412. The molecule has 2 N–H and O–H groups in total. The van der Waals surface area contributed by atoms with E-state index in [-0.39, 0.29) is 31.4 Å². The lowest BCUT2D eigenvalue weighted by atomic mass is 10.1. The molecule has 0 heterocycles. The summed E-state index contributed by atoms with van der Waals surface area (Å²) in [6.07, 6.45) is 0.0843. The van der Waals surface area contributed by atoms with Gasteiger partial charge in [-0.15, -0.1) is 0 Å². The lowest BCUT2D eigenvalue weighted by Gasteiger charge is -2.25. The minimum absolute atomic E-state index is 0.0843. The number of anilines is 3. The van der Waals surface area contributed by atoms with Gasteiger partial charge in [0.1, 0.15) is 6.54 Å². The first-order chi connectivity index (χ1) is 17.9. The summed E-state index contributed by atoms with van der Waals surface area (Å²) in [6, 6.07) is 24.1. The van der Waals surface area contributed by atoms with E-state index in [1.165, 1.54) is 9.80 Å². The average Bonchev–Trinajstić information content (AvgIpc) is 2.91. The van der Waals surface area contributed by atoms with Gasteiger partial charge in [0.2, 0.25) is 11.8 Å². The van der Waals surface area contributed by atoms with Crippen molar-refractivity contribution in [1.82, 2.24) is 5.32 Å². The van der Waals surface area contributed by atoms with Crippen LogP contribution in [0.1, 0.15) is 12.5 Å². The summed E-state index contributed by atoms with van der Waals surface area (Å²) >= 11 is 0. The molecule has 0 aliphatic carbocycles. The molecule has 0 bridgehead atoms. The van der Waals surface area contributed by atoms with Gasteiger partial charge in [0.25, 0.3) is 0 Å². The van der Waals surface area contributed by atoms with Gasteiger partial charge >= 0.3 is 12.0 Å². The van der Waals surface area contributed by atoms with Crippen molar-refractivity contribution >= 4 is 40.9 Å². The minimum Gasteiger partial charge on any atom is -0.466 e. The minimum atomic E-state index is -0.595. The molecule has 9 heteroatoms. The van der Waals surface area contributed by atoms with Crippen molar-refractivity contribution in [3.8, 4) is 0 Å². The topological polar surface area (TPSA) is 108 Å². The number of carbonyl (C=O) groups is 4. The molecule has 0 saturated heterocycles. The Hall–Kier alpha value is -4.66. The second-order valence-electron chi connectivity index (χ2n) is 8.09. The molecule has 0 fully saturated rings. The molecule has 3 aromatic carbocycles. The number of nitrogens with one attached hydrogen (secondary N) is 2. The SMILES string of the molecule is CCOC(=O)Cc1cccc(NC(=O)NCC(=O)N(CC(=O)N(C)c2ccccc2)c2ccccc2)c1. The number of likely N-dealkylation sites (N-methyl/N-ethyl adjacent to an activating group) is 1. The molecule has 0 atom stereocenters. The van der Waals surface area contributed by atoms with Gasteiger partial charge in [-0.05, 0) is 48.9 Å². The molecule has 3 rings (SSSR count). The van der Waals surface area contributed by atoms with Crippen LogP contribution in [0.5, 0.6) is 0 Å². The van der Waals surface area contributed by atoms with Gasteiger partial charge in [-0.25, -0.2) is 4.79 Å². The van der Waals surface area contributed by atoms with Crippen LogP contribution in [0, 0.1) is 0 Å². The number of nitrogens with zero attached hydrogens (tertiary/aromatic N) is 2. The van der Waals surface area contributed by atoms with E-state index in [0.717, 1.165) is 0 Å². The van der Waals surface area contributed by atoms with Crippen molar-refractivity contribution in [1.29, 1.82) is 0 Å². The van der Waals surface area contributed by atoms with Crippen LogP contribution >= 0.6 is 0 Å². The number of urea groups is 1. The van der Waals surface area contributed by atoms with Gasteiger partial charge in [0.05, 0.1) is 19.6 Å². The van der Waals surface area contributed by atoms with Crippen LogP contribution in [0.15, 0.2) is 84.9 Å². The predicted molar refractivity (Wildman–Crippen MR) is 142 cm³/mol. The average molecular weight is 503 g/mol. The summed E-state index contributed by atoms with van der Waals surface area (Å²) in [6.45, 7) is 1.50. The highest BCUT2D eigenvalue weighted by molar-refractivity contribution is 6.05. The molecule has 37 heavy (non-hydrogen) atoms. The Morgan fingerprint density at radius 2 is 1.46 bits per heavy atom. The molecule has 0 saturated carbocycles. The van der Waals surface area contributed by atoms with Crippen molar-refractivity contribution < 1.29 is 23.9 Å². The third kappa shape index (κ3) is 8.21. The smallest absolute Gasteiger partial charge is 0.319 e. The summed E-state index contributed by atoms with van der Waals surface area (Å²) in [5.41, 5.74) is 2.39. The molecule has 0 unspecified atom stereocenters. The fourth-order valence-electron chi connectivity index (χ4n) is 3.53. The van der Waals surface area contributed by atoms with Crippen LogP contribution in [0.3, 0.4) is 0 Å². The number of ether oxygens (including phenoxy) is 1. The van der Waals surface area contributed by atoms with E-state index >= 15 is 0 Å². The fraction of sp³-hybridized carbons (Fsp3) is 0.214. The highest BCUT2D eigenvalue weighted by atomic mass is 16.5. The van der Waals surface area contributed by atoms with Crippen molar-refractivity contribution in [2.75, 3.05) is 41.9 Å². The Balaban J connectivity index is 1.62. The monoisotopic (exact) mass is 502 g/mol. The van der Waals surface area contributed by atoms with E-state index in [0.29, 0.717) is 29.2 Å². The number of carbonyl (C=O) groups excluding carboxylic acids is 4. The van der Waals surface area contributed by atoms with Crippen LogP contribution in [0.4, 0.5) is 21.9 Å². The maximum atomic E-state index is 13.1. The van der Waals surface area contributed by atoms with E-state index < -0.39 is 11.9 Å². The Labute approximate surface area is 216 Å². The number of benzene rings is 3. The summed E-state index contributed by atoms with van der Waals surface area (Å²) in [5, 5.41) is 5.19. The zero-order chi connectivity index (χ0) is 26.6. The van der Waals surface area contributed by atoms with Crippen molar-refractivity contribution in [3.63, 3.8) is 0 Å². The van der Waals surface area contributed by atoms with E-state index in [1.807, 2.05) is 24.3 Å². The van der Waals surface area contributed by atoms with Crippen LogP contribution in [-0.4, -0.2) is 50.6 Å². The number of amides is 4. The highest BCUT2D eigenvalue weighted by Gasteiger charge is 2.22. The molecule has 4 amide bonds. The number of esters is 1. The van der Waals surface area contributed by atoms with E-state index in [1.54, 1.807) is 74.6 Å². The van der Waals surface area contributed by atoms with Crippen LogP contribution in [-0.2, 0) is 25.5 Å². The molecule has 0 aromatic heterocycles. The molecule has 3 aromatic rings. The Morgan fingerprint density at radius 1 is 0.811 bits per heavy atom. The lowest BCUT2D eigenvalue weighted by Crippen LogP contribution is -2.46. The summed E-state index contributed by atoms with van der Waals surface area (Å²) < 4.78 is 4.95. The molecular weight excluding hydrogens is 472 g/mol. The molecular formula is C28H30N4O5.